The first-order valence-corrected chi connectivity index (χ1v) is 42.6. The highest BCUT2D eigenvalue weighted by molar-refractivity contribution is 7.47. The number of aliphatic hydroxyl groups is 1. The van der Waals surface area contributed by atoms with E-state index in [0.29, 0.717) is 25.7 Å². The highest BCUT2D eigenvalue weighted by atomic mass is 31.2. The molecular weight excluding hydrogens is 1250 g/mol. The number of esters is 4. The minimum Gasteiger partial charge on any atom is -0.462 e. The summed E-state index contributed by atoms with van der Waals surface area (Å²) in [5.41, 5.74) is 0. The van der Waals surface area contributed by atoms with Crippen LogP contribution in [0.1, 0.15) is 401 Å². The number of hydrogen-bond acceptors (Lipinski definition) is 15. The van der Waals surface area contributed by atoms with Gasteiger partial charge in [0.05, 0.1) is 26.4 Å². The monoisotopic (exact) mass is 1400 g/mol. The van der Waals surface area contributed by atoms with Crippen LogP contribution in [0.4, 0.5) is 0 Å². The largest absolute Gasteiger partial charge is 0.472 e. The topological polar surface area (TPSA) is 237 Å². The summed E-state index contributed by atoms with van der Waals surface area (Å²) in [6.45, 7) is 7.23. The molecule has 0 aromatic rings. The summed E-state index contributed by atoms with van der Waals surface area (Å²) in [4.78, 5) is 72.7. The third-order valence-electron chi connectivity index (χ3n) is 17.8. The molecule has 0 aliphatic carbocycles. The van der Waals surface area contributed by atoms with E-state index in [2.05, 4.69) is 34.6 Å². The average Bonchev–Trinajstić information content (AvgIpc) is 1.55. The molecule has 0 aliphatic rings. The van der Waals surface area contributed by atoms with E-state index in [0.717, 1.165) is 95.8 Å². The number of carbonyl (C=O) groups excluding carboxylic acids is 4. The van der Waals surface area contributed by atoms with Gasteiger partial charge in [-0.15, -0.1) is 0 Å². The van der Waals surface area contributed by atoms with Crippen molar-refractivity contribution in [3.05, 3.63) is 0 Å². The van der Waals surface area contributed by atoms with E-state index in [1.165, 1.54) is 225 Å². The Balaban J connectivity index is 5.16. The van der Waals surface area contributed by atoms with Gasteiger partial charge in [0.15, 0.2) is 12.2 Å². The highest BCUT2D eigenvalue weighted by Gasteiger charge is 2.30. The van der Waals surface area contributed by atoms with Crippen LogP contribution in [-0.4, -0.2) is 96.7 Å². The maximum absolute atomic E-state index is 13.1. The lowest BCUT2D eigenvalue weighted by Crippen LogP contribution is -2.30. The van der Waals surface area contributed by atoms with Gasteiger partial charge in [-0.2, -0.15) is 0 Å². The first kappa shape index (κ1) is 93.1. The summed E-state index contributed by atoms with van der Waals surface area (Å²) in [7, 11) is -9.91. The Morgan fingerprint density at radius 3 is 0.716 bits per heavy atom. The van der Waals surface area contributed by atoms with Crippen molar-refractivity contribution in [1.29, 1.82) is 0 Å². The number of unbranched alkanes of at least 4 members (excludes halogenated alkanes) is 48. The summed E-state index contributed by atoms with van der Waals surface area (Å²) in [6, 6.07) is 0. The number of carbonyl (C=O) groups is 4. The molecule has 0 aromatic carbocycles. The van der Waals surface area contributed by atoms with Gasteiger partial charge in [-0.05, 0) is 31.6 Å². The quantitative estimate of drug-likeness (QED) is 0.0222. The van der Waals surface area contributed by atoms with Crippen molar-refractivity contribution in [3.8, 4) is 0 Å². The summed E-state index contributed by atoms with van der Waals surface area (Å²) < 4.78 is 68.4. The molecule has 0 saturated heterocycles. The Morgan fingerprint density at radius 2 is 0.484 bits per heavy atom. The fourth-order valence-corrected chi connectivity index (χ4v) is 13.3. The third kappa shape index (κ3) is 70.3. The minimum atomic E-state index is -4.96. The van der Waals surface area contributed by atoms with Crippen LogP contribution in [0, 0.1) is 5.92 Å². The van der Waals surface area contributed by atoms with Crippen molar-refractivity contribution in [2.75, 3.05) is 39.6 Å². The second-order valence-corrected chi connectivity index (χ2v) is 30.8. The van der Waals surface area contributed by atoms with Gasteiger partial charge in [0.2, 0.25) is 0 Å². The molecule has 0 rings (SSSR count). The molecule has 0 heterocycles. The average molecular weight is 1400 g/mol. The van der Waals surface area contributed by atoms with E-state index in [9.17, 15) is 43.2 Å². The van der Waals surface area contributed by atoms with Crippen LogP contribution in [0.2, 0.25) is 0 Å². The lowest BCUT2D eigenvalue weighted by Gasteiger charge is -2.21. The molecule has 0 bridgehead atoms. The van der Waals surface area contributed by atoms with Crippen LogP contribution < -0.4 is 0 Å². The molecule has 3 N–H and O–H groups in total. The summed E-state index contributed by atoms with van der Waals surface area (Å²) in [5, 5.41) is 10.6. The maximum atomic E-state index is 13.1. The molecule has 0 fully saturated rings. The molecule has 0 saturated carbocycles. The Bertz CT molecular complexity index is 1820. The first-order chi connectivity index (χ1) is 46.0. The fourth-order valence-electron chi connectivity index (χ4n) is 11.7. The fraction of sp³-hybridized carbons (Fsp3) is 0.947. The van der Waals surface area contributed by atoms with Gasteiger partial charge in [-0.1, -0.05) is 349 Å². The zero-order valence-electron chi connectivity index (χ0n) is 61.8. The molecule has 0 aliphatic heterocycles. The number of aliphatic hydroxyl groups excluding tert-OH is 1. The molecular formula is C76H148O17P2. The molecule has 0 amide bonds. The standard InChI is InChI=1S/C76H148O17P2/c1-6-9-12-15-18-21-24-26-27-28-29-30-31-32-33-34-35-37-40-46-51-56-61-75(80)92-71(65-87-74(79)60-55-50-45-39-36-25-22-19-16-13-10-7-2)67-90-94(82,83)88-63-70(77)64-89-95(84,85)91-68-72(66-86-73(78)59-54-49-44-38-23-20-17-14-11-8-3)93-76(81)62-57-52-47-42-41-43-48-53-58-69(4)5/h69-72,77H,6-68H2,1-5H3,(H,82,83)(H,84,85)/t70-,71-,72-/m1/s1. The van der Waals surface area contributed by atoms with Gasteiger partial charge >= 0.3 is 39.5 Å². The second kappa shape index (κ2) is 69.2. The maximum Gasteiger partial charge on any atom is 0.472 e. The van der Waals surface area contributed by atoms with Crippen molar-refractivity contribution in [2.45, 2.75) is 419 Å². The molecule has 0 radical (unpaired) electrons. The van der Waals surface area contributed by atoms with Gasteiger partial charge in [0, 0.05) is 25.7 Å². The molecule has 17 nitrogen and oxygen atoms in total. The predicted octanol–water partition coefficient (Wildman–Crippen LogP) is 22.5. The van der Waals surface area contributed by atoms with Gasteiger partial charge < -0.3 is 33.8 Å². The van der Waals surface area contributed by atoms with Crippen molar-refractivity contribution in [2.24, 2.45) is 5.92 Å². The molecule has 564 valence electrons. The van der Waals surface area contributed by atoms with Gasteiger partial charge in [0.25, 0.3) is 0 Å². The Kier molecular flexibility index (Phi) is 67.7. The van der Waals surface area contributed by atoms with Gasteiger partial charge in [-0.25, -0.2) is 9.13 Å². The zero-order valence-corrected chi connectivity index (χ0v) is 63.6. The Labute approximate surface area is 581 Å². The van der Waals surface area contributed by atoms with Crippen LogP contribution >= 0.6 is 15.6 Å². The van der Waals surface area contributed by atoms with E-state index >= 15 is 0 Å². The summed E-state index contributed by atoms with van der Waals surface area (Å²) in [5.74, 6) is -1.40. The predicted molar refractivity (Wildman–Crippen MR) is 386 cm³/mol. The summed E-state index contributed by atoms with van der Waals surface area (Å²) >= 11 is 0. The molecule has 0 aromatic heterocycles. The number of hydrogen-bond donors (Lipinski definition) is 3. The SMILES string of the molecule is CCCCCCCCCCCCCCCCCCCCCCCCC(=O)O[C@H](COC(=O)CCCCCCCCCCCCCC)COP(=O)(O)OC[C@@H](O)COP(=O)(O)OC[C@@H](COC(=O)CCCCCCCCCCCC)OC(=O)CCCCCCCCCCC(C)C. The first-order valence-electron chi connectivity index (χ1n) is 39.6. The number of rotatable bonds is 76. The zero-order chi connectivity index (χ0) is 69.8. The smallest absolute Gasteiger partial charge is 0.462 e. The molecule has 0 spiro atoms. The second-order valence-electron chi connectivity index (χ2n) is 27.9. The van der Waals surface area contributed by atoms with E-state index in [1.807, 2.05) is 0 Å². The highest BCUT2D eigenvalue weighted by Crippen LogP contribution is 2.45. The van der Waals surface area contributed by atoms with Crippen LogP contribution in [-0.2, 0) is 65.4 Å². The van der Waals surface area contributed by atoms with Crippen LogP contribution in [0.5, 0.6) is 0 Å². The van der Waals surface area contributed by atoms with Crippen LogP contribution in [0.25, 0.3) is 0 Å². The van der Waals surface area contributed by atoms with Crippen molar-refractivity contribution >= 4 is 39.5 Å². The Hall–Kier alpha value is -1.94. The van der Waals surface area contributed by atoms with Crippen molar-refractivity contribution in [1.82, 2.24) is 0 Å². The lowest BCUT2D eigenvalue weighted by atomic mass is 10.0. The van der Waals surface area contributed by atoms with E-state index in [1.54, 1.807) is 0 Å². The van der Waals surface area contributed by atoms with E-state index in [4.69, 9.17) is 37.0 Å². The molecule has 5 atom stereocenters. The van der Waals surface area contributed by atoms with E-state index < -0.39 is 97.5 Å². The lowest BCUT2D eigenvalue weighted by molar-refractivity contribution is -0.161. The minimum absolute atomic E-state index is 0.105. The number of ether oxygens (including phenoxy) is 4. The van der Waals surface area contributed by atoms with Gasteiger partial charge in [0.1, 0.15) is 19.3 Å². The van der Waals surface area contributed by atoms with Crippen LogP contribution in [0.3, 0.4) is 0 Å². The van der Waals surface area contributed by atoms with Gasteiger partial charge in [-0.3, -0.25) is 37.3 Å². The van der Waals surface area contributed by atoms with E-state index in [-0.39, 0.29) is 25.7 Å². The third-order valence-corrected chi connectivity index (χ3v) is 19.7. The number of phosphoric acid groups is 2. The Morgan fingerprint density at radius 1 is 0.284 bits per heavy atom. The normalized spacial score (nSPS) is 13.9. The number of phosphoric ester groups is 2. The van der Waals surface area contributed by atoms with Crippen LogP contribution in [0.15, 0.2) is 0 Å². The van der Waals surface area contributed by atoms with Crippen molar-refractivity contribution in [3.63, 3.8) is 0 Å². The molecule has 2 unspecified atom stereocenters. The summed E-state index contributed by atoms with van der Waals surface area (Å²) in [6.07, 6.45) is 58.4. The van der Waals surface area contributed by atoms with Crippen molar-refractivity contribution < 1.29 is 80.2 Å². The molecule has 95 heavy (non-hydrogen) atoms. The molecule has 19 heteroatoms.